The number of hydrogen-bond donors (Lipinski definition) is 2. The first-order chi connectivity index (χ1) is 14.4. The third-order valence-electron chi connectivity index (χ3n) is 6.56. The van der Waals surface area contributed by atoms with E-state index in [4.69, 9.17) is 5.73 Å². The van der Waals surface area contributed by atoms with Crippen molar-refractivity contribution >= 4 is 33.8 Å². The predicted octanol–water partition coefficient (Wildman–Crippen LogP) is 3.10. The van der Waals surface area contributed by atoms with Crippen molar-refractivity contribution in [2.45, 2.75) is 46.1 Å². The summed E-state index contributed by atoms with van der Waals surface area (Å²) in [5.74, 6) is -0.517. The highest BCUT2D eigenvalue weighted by Gasteiger charge is 2.30. The van der Waals surface area contributed by atoms with E-state index in [2.05, 4.69) is 47.2 Å². The van der Waals surface area contributed by atoms with E-state index in [9.17, 15) is 9.59 Å². The van der Waals surface area contributed by atoms with E-state index in [1.54, 1.807) is 0 Å². The number of anilines is 2. The highest BCUT2D eigenvalue weighted by molar-refractivity contribution is 7.17. The number of rotatable bonds is 5. The minimum Gasteiger partial charge on any atom is -0.369 e. The second-order valence-electron chi connectivity index (χ2n) is 8.33. The zero-order valence-corrected chi connectivity index (χ0v) is 18.8. The lowest BCUT2D eigenvalue weighted by Gasteiger charge is -2.39. The quantitative estimate of drug-likeness (QED) is 0.770. The summed E-state index contributed by atoms with van der Waals surface area (Å²) in [7, 11) is 0. The Morgan fingerprint density at radius 3 is 2.57 bits per heavy atom. The Labute approximate surface area is 182 Å². The van der Waals surface area contributed by atoms with E-state index < -0.39 is 5.91 Å². The van der Waals surface area contributed by atoms with E-state index in [-0.39, 0.29) is 11.9 Å². The minimum atomic E-state index is -0.445. The molecule has 1 unspecified atom stereocenters. The maximum Gasteiger partial charge on any atom is 0.251 e. The van der Waals surface area contributed by atoms with E-state index in [0.717, 1.165) is 51.0 Å². The van der Waals surface area contributed by atoms with Gasteiger partial charge in [0.25, 0.3) is 5.91 Å². The topological polar surface area (TPSA) is 78.7 Å². The molecule has 1 fully saturated rings. The number of benzene rings is 1. The van der Waals surface area contributed by atoms with Crippen molar-refractivity contribution in [3.63, 3.8) is 0 Å². The molecule has 0 spiro atoms. The Kier molecular flexibility index (Phi) is 5.84. The van der Waals surface area contributed by atoms with Crippen LogP contribution in [0, 0.1) is 13.8 Å². The van der Waals surface area contributed by atoms with Crippen LogP contribution in [0.5, 0.6) is 0 Å². The third-order valence-corrected chi connectivity index (χ3v) is 7.77. The summed E-state index contributed by atoms with van der Waals surface area (Å²) in [6, 6.07) is 6.16. The van der Waals surface area contributed by atoms with Crippen LogP contribution in [-0.2, 0) is 17.6 Å². The number of nitrogens with one attached hydrogen (secondary N) is 1. The fourth-order valence-corrected chi connectivity index (χ4v) is 5.86. The summed E-state index contributed by atoms with van der Waals surface area (Å²) in [4.78, 5) is 30.7. The van der Waals surface area contributed by atoms with Crippen molar-refractivity contribution in [1.82, 2.24) is 4.90 Å². The molecule has 0 radical (unpaired) electrons. The molecule has 2 amide bonds. The van der Waals surface area contributed by atoms with Gasteiger partial charge in [-0.3, -0.25) is 14.5 Å². The van der Waals surface area contributed by atoms with Gasteiger partial charge in [-0.1, -0.05) is 12.1 Å². The Morgan fingerprint density at radius 1 is 1.13 bits per heavy atom. The molecule has 1 aromatic heterocycles. The molecule has 160 valence electrons. The third kappa shape index (κ3) is 3.84. The summed E-state index contributed by atoms with van der Waals surface area (Å²) in [5, 5.41) is 3.62. The predicted molar refractivity (Wildman–Crippen MR) is 123 cm³/mol. The first-order valence-corrected chi connectivity index (χ1v) is 11.5. The summed E-state index contributed by atoms with van der Waals surface area (Å²) in [6.07, 6.45) is 2.89. The van der Waals surface area contributed by atoms with Crippen molar-refractivity contribution in [2.24, 2.45) is 5.73 Å². The zero-order valence-electron chi connectivity index (χ0n) is 18.0. The van der Waals surface area contributed by atoms with Gasteiger partial charge in [0, 0.05) is 36.7 Å². The Balaban J connectivity index is 1.40. The Morgan fingerprint density at radius 2 is 1.87 bits per heavy atom. The second-order valence-corrected chi connectivity index (χ2v) is 9.44. The van der Waals surface area contributed by atoms with Crippen LogP contribution in [0.2, 0.25) is 0 Å². The number of nitrogens with zero attached hydrogens (tertiary/aromatic N) is 2. The van der Waals surface area contributed by atoms with Gasteiger partial charge in [0.1, 0.15) is 5.00 Å². The van der Waals surface area contributed by atoms with Crippen molar-refractivity contribution < 1.29 is 9.59 Å². The van der Waals surface area contributed by atoms with Crippen LogP contribution < -0.4 is 16.0 Å². The SMILES string of the molecule is Cc1cccc(N2CCN(C(C)C(=O)Nc3sc4c(c3C(N)=O)CCC4)CC2)c1C. The van der Waals surface area contributed by atoms with Crippen molar-refractivity contribution in [1.29, 1.82) is 0 Å². The van der Waals surface area contributed by atoms with Crippen LogP contribution in [0.3, 0.4) is 0 Å². The van der Waals surface area contributed by atoms with Gasteiger partial charge in [-0.05, 0) is 62.8 Å². The fourth-order valence-electron chi connectivity index (χ4n) is 4.56. The molecule has 2 aliphatic rings. The molecular formula is C23H30N4O2S. The summed E-state index contributed by atoms with van der Waals surface area (Å²) in [5.41, 5.74) is 11.1. The van der Waals surface area contributed by atoms with Crippen LogP contribution in [-0.4, -0.2) is 48.9 Å². The highest BCUT2D eigenvalue weighted by Crippen LogP contribution is 2.39. The number of piperazine rings is 1. The van der Waals surface area contributed by atoms with Crippen molar-refractivity contribution in [2.75, 3.05) is 36.4 Å². The molecular weight excluding hydrogens is 396 g/mol. The summed E-state index contributed by atoms with van der Waals surface area (Å²) in [6.45, 7) is 9.68. The van der Waals surface area contributed by atoms with Crippen LogP contribution in [0.25, 0.3) is 0 Å². The number of fused-ring (bicyclic) bond motifs is 1. The van der Waals surface area contributed by atoms with Crippen molar-refractivity contribution in [3.05, 3.63) is 45.3 Å². The first-order valence-electron chi connectivity index (χ1n) is 10.7. The standard InChI is InChI=1S/C23H30N4O2S/c1-14-6-4-8-18(15(14)2)27-12-10-26(11-13-27)16(3)22(29)25-23-20(21(24)28)17-7-5-9-19(17)30-23/h4,6,8,16H,5,7,9-13H2,1-3H3,(H2,24,28)(H,25,29). The maximum absolute atomic E-state index is 13.0. The van der Waals surface area contributed by atoms with Crippen molar-refractivity contribution in [3.8, 4) is 0 Å². The average molecular weight is 427 g/mol. The number of primary amides is 1. The second kappa shape index (κ2) is 8.40. The average Bonchev–Trinajstić information content (AvgIpc) is 3.30. The zero-order chi connectivity index (χ0) is 21.4. The molecule has 1 aliphatic carbocycles. The van der Waals surface area contributed by atoms with Gasteiger partial charge in [0.15, 0.2) is 0 Å². The highest BCUT2D eigenvalue weighted by atomic mass is 32.1. The van der Waals surface area contributed by atoms with Gasteiger partial charge in [-0.15, -0.1) is 11.3 Å². The monoisotopic (exact) mass is 426 g/mol. The van der Waals surface area contributed by atoms with Crippen LogP contribution >= 0.6 is 11.3 Å². The van der Waals surface area contributed by atoms with E-state index in [1.807, 2.05) is 6.92 Å². The lowest BCUT2D eigenvalue weighted by molar-refractivity contribution is -0.120. The molecule has 2 heterocycles. The number of nitrogens with two attached hydrogens (primary N) is 1. The number of thiophene rings is 1. The fraction of sp³-hybridized carbons (Fsp3) is 0.478. The van der Waals surface area contributed by atoms with E-state index in [1.165, 1.54) is 33.0 Å². The number of carbonyl (C=O) groups excluding carboxylic acids is 2. The Hall–Kier alpha value is -2.38. The molecule has 4 rings (SSSR count). The molecule has 30 heavy (non-hydrogen) atoms. The van der Waals surface area contributed by atoms with Gasteiger partial charge in [0.05, 0.1) is 11.6 Å². The largest absolute Gasteiger partial charge is 0.369 e. The molecule has 0 bridgehead atoms. The molecule has 1 atom stereocenters. The number of hydrogen-bond acceptors (Lipinski definition) is 5. The number of carbonyl (C=O) groups is 2. The van der Waals surface area contributed by atoms with Gasteiger partial charge in [-0.2, -0.15) is 0 Å². The lowest BCUT2D eigenvalue weighted by atomic mass is 10.1. The normalized spacial score (nSPS) is 17.6. The molecule has 1 saturated heterocycles. The van der Waals surface area contributed by atoms with Gasteiger partial charge in [0.2, 0.25) is 5.91 Å². The van der Waals surface area contributed by atoms with Gasteiger partial charge in [-0.25, -0.2) is 0 Å². The molecule has 1 aliphatic heterocycles. The number of amides is 2. The maximum atomic E-state index is 13.0. The van der Waals surface area contributed by atoms with E-state index in [0.29, 0.717) is 10.6 Å². The smallest absolute Gasteiger partial charge is 0.251 e. The lowest BCUT2D eigenvalue weighted by Crippen LogP contribution is -2.53. The van der Waals surface area contributed by atoms with Crippen LogP contribution in [0.4, 0.5) is 10.7 Å². The molecule has 2 aromatic rings. The minimum absolute atomic E-state index is 0.0717. The van der Waals surface area contributed by atoms with E-state index >= 15 is 0 Å². The van der Waals surface area contributed by atoms with Crippen LogP contribution in [0.15, 0.2) is 18.2 Å². The number of aryl methyl sites for hydroxylation is 2. The first kappa shape index (κ1) is 20.9. The van der Waals surface area contributed by atoms with Gasteiger partial charge >= 0.3 is 0 Å². The Bertz CT molecular complexity index is 976. The van der Waals surface area contributed by atoms with Gasteiger partial charge < -0.3 is 16.0 Å². The molecule has 1 aromatic carbocycles. The molecule has 6 nitrogen and oxygen atoms in total. The molecule has 7 heteroatoms. The summed E-state index contributed by atoms with van der Waals surface area (Å²) >= 11 is 1.51. The van der Waals surface area contributed by atoms with Crippen LogP contribution in [0.1, 0.15) is 45.3 Å². The summed E-state index contributed by atoms with van der Waals surface area (Å²) < 4.78 is 0. The molecule has 0 saturated carbocycles. The molecule has 3 N–H and O–H groups in total.